The molecule has 2 unspecified atom stereocenters. The van der Waals surface area contributed by atoms with E-state index < -0.39 is 12.0 Å². The van der Waals surface area contributed by atoms with Gasteiger partial charge in [0, 0.05) is 12.8 Å². The Labute approximate surface area is 114 Å². The Morgan fingerprint density at radius 3 is 2.74 bits per heavy atom. The maximum Gasteiger partial charge on any atom is 0.327 e. The Morgan fingerprint density at radius 2 is 2.21 bits per heavy atom. The largest absolute Gasteiger partial charge is 0.480 e. The second-order valence-electron chi connectivity index (χ2n) is 5.02. The highest BCUT2D eigenvalue weighted by Crippen LogP contribution is 2.45. The molecule has 1 aromatic rings. The molecule has 2 atom stereocenters. The van der Waals surface area contributed by atoms with Crippen molar-refractivity contribution in [1.82, 2.24) is 14.5 Å². The number of hydrogen-bond acceptors (Lipinski definition) is 4. The second-order valence-corrected chi connectivity index (χ2v) is 6.17. The molecule has 0 bridgehead atoms. The molecule has 1 amide bonds. The van der Waals surface area contributed by atoms with Crippen LogP contribution in [0, 0.1) is 5.92 Å². The number of nitrogens with zero attached hydrogens (tertiary/aromatic N) is 3. The highest BCUT2D eigenvalue weighted by molar-refractivity contribution is 8.00. The number of rotatable bonds is 3. The van der Waals surface area contributed by atoms with Crippen LogP contribution in [0.3, 0.4) is 0 Å². The Morgan fingerprint density at radius 1 is 1.47 bits per heavy atom. The van der Waals surface area contributed by atoms with Gasteiger partial charge >= 0.3 is 5.97 Å². The zero-order valence-electron chi connectivity index (χ0n) is 10.5. The van der Waals surface area contributed by atoms with Crippen LogP contribution in [-0.2, 0) is 11.8 Å². The molecule has 6 nitrogen and oxygen atoms in total. The van der Waals surface area contributed by atoms with Gasteiger partial charge in [-0.3, -0.25) is 4.79 Å². The highest BCUT2D eigenvalue weighted by Gasteiger charge is 2.48. The fraction of sp³-hybridized carbons (Fsp3) is 0.583. The third kappa shape index (κ3) is 2.11. The summed E-state index contributed by atoms with van der Waals surface area (Å²) in [4.78, 5) is 29.4. The SMILES string of the molecule is Cn1cncc1C(=O)N1C(C(=O)O)CSC1C1CC1. The van der Waals surface area contributed by atoms with Crippen molar-refractivity contribution in [2.75, 3.05) is 5.75 Å². The molecule has 7 heteroatoms. The van der Waals surface area contributed by atoms with Gasteiger partial charge in [0.25, 0.3) is 5.91 Å². The minimum absolute atomic E-state index is 0.00324. The summed E-state index contributed by atoms with van der Waals surface area (Å²) in [6, 6.07) is -0.724. The minimum Gasteiger partial charge on any atom is -0.480 e. The number of carbonyl (C=O) groups is 2. The van der Waals surface area contributed by atoms with Crippen LogP contribution in [0.25, 0.3) is 0 Å². The predicted molar refractivity (Wildman–Crippen MR) is 69.8 cm³/mol. The molecular weight excluding hydrogens is 266 g/mol. The molecule has 19 heavy (non-hydrogen) atoms. The number of carboxylic acids is 1. The standard InChI is InChI=1S/C12H15N3O3S/c1-14-6-13-4-8(14)10(16)15-9(12(17)18)5-19-11(15)7-2-3-7/h4,6-7,9,11H,2-3,5H2,1H3,(H,17,18). The number of carbonyl (C=O) groups excluding carboxylic acids is 1. The Bertz CT molecular complexity index is 526. The fourth-order valence-electron chi connectivity index (χ4n) is 2.42. The number of imidazole rings is 1. The summed E-state index contributed by atoms with van der Waals surface area (Å²) in [7, 11) is 1.74. The molecule has 0 radical (unpaired) electrons. The first-order valence-electron chi connectivity index (χ1n) is 6.23. The Kier molecular flexibility index (Phi) is 3.00. The molecule has 2 heterocycles. The van der Waals surface area contributed by atoms with Crippen LogP contribution < -0.4 is 0 Å². The van der Waals surface area contributed by atoms with E-state index in [0.29, 0.717) is 17.4 Å². The van der Waals surface area contributed by atoms with Crippen molar-refractivity contribution < 1.29 is 14.7 Å². The number of amides is 1. The summed E-state index contributed by atoms with van der Waals surface area (Å²) in [5.74, 6) is -0.230. The molecule has 3 rings (SSSR count). The third-order valence-corrected chi connectivity index (χ3v) is 5.08. The van der Waals surface area contributed by atoms with Gasteiger partial charge in [0.2, 0.25) is 0 Å². The molecule has 0 spiro atoms. The molecule has 0 aromatic carbocycles. The first-order chi connectivity index (χ1) is 9.09. The number of hydrogen-bond donors (Lipinski definition) is 1. The number of aromatic nitrogens is 2. The zero-order valence-corrected chi connectivity index (χ0v) is 11.3. The summed E-state index contributed by atoms with van der Waals surface area (Å²) in [5.41, 5.74) is 0.444. The van der Waals surface area contributed by atoms with Crippen molar-refractivity contribution >= 4 is 23.6 Å². The molecule has 1 aromatic heterocycles. The number of aryl methyl sites for hydroxylation is 1. The molecule has 1 saturated heterocycles. The van der Waals surface area contributed by atoms with Gasteiger partial charge < -0.3 is 14.6 Å². The molecule has 2 fully saturated rings. The van der Waals surface area contributed by atoms with Crippen molar-refractivity contribution in [2.24, 2.45) is 13.0 Å². The summed E-state index contributed by atoms with van der Waals surface area (Å²) in [5, 5.41) is 9.29. The average Bonchev–Trinajstić information content (AvgIpc) is 2.97. The van der Waals surface area contributed by atoms with E-state index in [4.69, 9.17) is 0 Å². The van der Waals surface area contributed by atoms with Crippen molar-refractivity contribution in [3.8, 4) is 0 Å². The number of carboxylic acid groups (broad SMARTS) is 1. The molecule has 2 aliphatic rings. The van der Waals surface area contributed by atoms with Crippen LogP contribution >= 0.6 is 11.8 Å². The highest BCUT2D eigenvalue weighted by atomic mass is 32.2. The van der Waals surface area contributed by atoms with Gasteiger partial charge in [-0.05, 0) is 18.8 Å². The lowest BCUT2D eigenvalue weighted by Gasteiger charge is -2.27. The average molecular weight is 281 g/mol. The maximum atomic E-state index is 12.6. The molecule has 1 N–H and O–H groups in total. The van der Waals surface area contributed by atoms with E-state index in [2.05, 4.69) is 4.98 Å². The van der Waals surface area contributed by atoms with Gasteiger partial charge in [-0.1, -0.05) is 0 Å². The van der Waals surface area contributed by atoms with E-state index >= 15 is 0 Å². The van der Waals surface area contributed by atoms with Crippen molar-refractivity contribution in [3.63, 3.8) is 0 Å². The number of thioether (sulfide) groups is 1. The van der Waals surface area contributed by atoms with Crippen LogP contribution in [0.15, 0.2) is 12.5 Å². The smallest absolute Gasteiger partial charge is 0.327 e. The first-order valence-corrected chi connectivity index (χ1v) is 7.28. The van der Waals surface area contributed by atoms with Crippen molar-refractivity contribution in [1.29, 1.82) is 0 Å². The fourth-order valence-corrected chi connectivity index (χ4v) is 4.05. The molecular formula is C12H15N3O3S. The lowest BCUT2D eigenvalue weighted by atomic mass is 10.2. The quantitative estimate of drug-likeness (QED) is 0.887. The van der Waals surface area contributed by atoms with Gasteiger partial charge in [0.05, 0.1) is 17.9 Å². The predicted octanol–water partition coefficient (Wildman–Crippen LogP) is 0.798. The minimum atomic E-state index is -0.925. The Balaban J connectivity index is 1.91. The maximum absolute atomic E-state index is 12.6. The second kappa shape index (κ2) is 4.56. The molecule has 1 saturated carbocycles. The van der Waals surface area contributed by atoms with Gasteiger partial charge in [0.15, 0.2) is 0 Å². The van der Waals surface area contributed by atoms with Gasteiger partial charge in [-0.25, -0.2) is 9.78 Å². The van der Waals surface area contributed by atoms with E-state index in [9.17, 15) is 14.7 Å². The van der Waals surface area contributed by atoms with Crippen LogP contribution in [0.1, 0.15) is 23.3 Å². The summed E-state index contributed by atoms with van der Waals surface area (Å²) in [6.07, 6.45) is 5.21. The first kappa shape index (κ1) is 12.5. The topological polar surface area (TPSA) is 75.4 Å². The van der Waals surface area contributed by atoms with E-state index in [1.807, 2.05) is 0 Å². The van der Waals surface area contributed by atoms with Crippen LogP contribution in [0.4, 0.5) is 0 Å². The van der Waals surface area contributed by atoms with E-state index in [0.717, 1.165) is 12.8 Å². The van der Waals surface area contributed by atoms with Crippen LogP contribution in [-0.4, -0.2) is 48.6 Å². The van der Waals surface area contributed by atoms with Gasteiger partial charge in [-0.2, -0.15) is 0 Å². The number of aliphatic carboxylic acids is 1. The van der Waals surface area contributed by atoms with Gasteiger partial charge in [0.1, 0.15) is 11.7 Å². The molecule has 1 aliphatic carbocycles. The van der Waals surface area contributed by atoms with Crippen molar-refractivity contribution in [3.05, 3.63) is 18.2 Å². The van der Waals surface area contributed by atoms with Crippen molar-refractivity contribution in [2.45, 2.75) is 24.3 Å². The summed E-state index contributed by atoms with van der Waals surface area (Å²) < 4.78 is 1.63. The van der Waals surface area contributed by atoms with Crippen LogP contribution in [0.2, 0.25) is 0 Å². The third-order valence-electron chi connectivity index (χ3n) is 3.62. The molecule has 102 valence electrons. The Hall–Kier alpha value is -1.50. The van der Waals surface area contributed by atoms with Crippen LogP contribution in [0.5, 0.6) is 0 Å². The van der Waals surface area contributed by atoms with Gasteiger partial charge in [-0.15, -0.1) is 11.8 Å². The van der Waals surface area contributed by atoms with E-state index in [1.165, 1.54) is 6.20 Å². The lowest BCUT2D eigenvalue weighted by Crippen LogP contribution is -2.46. The monoisotopic (exact) mass is 281 g/mol. The van der Waals surface area contributed by atoms with E-state index in [1.54, 1.807) is 34.6 Å². The lowest BCUT2D eigenvalue weighted by molar-refractivity contribution is -0.141. The summed E-state index contributed by atoms with van der Waals surface area (Å²) in [6.45, 7) is 0. The summed E-state index contributed by atoms with van der Waals surface area (Å²) >= 11 is 1.58. The molecule has 1 aliphatic heterocycles. The van der Waals surface area contributed by atoms with E-state index in [-0.39, 0.29) is 11.3 Å². The zero-order chi connectivity index (χ0) is 13.6. The normalized spacial score (nSPS) is 26.7.